The lowest BCUT2D eigenvalue weighted by Gasteiger charge is -2.13. The van der Waals surface area contributed by atoms with Gasteiger partial charge in [0.2, 0.25) is 0 Å². The highest BCUT2D eigenvalue weighted by Crippen LogP contribution is 2.28. The van der Waals surface area contributed by atoms with Gasteiger partial charge in [-0.15, -0.1) is 11.3 Å². The SMILES string of the molecule is CC(C)COc1ccccc1NC(=O)c1sccc1Br. The van der Waals surface area contributed by atoms with Gasteiger partial charge in [-0.2, -0.15) is 0 Å². The first-order chi connectivity index (χ1) is 9.58. The van der Waals surface area contributed by atoms with E-state index in [4.69, 9.17) is 4.74 Å². The summed E-state index contributed by atoms with van der Waals surface area (Å²) in [5, 5.41) is 4.77. The summed E-state index contributed by atoms with van der Waals surface area (Å²) < 4.78 is 6.53. The van der Waals surface area contributed by atoms with E-state index in [0.29, 0.717) is 28.8 Å². The number of benzene rings is 1. The van der Waals surface area contributed by atoms with Crippen LogP contribution in [-0.4, -0.2) is 12.5 Å². The van der Waals surface area contributed by atoms with Crippen LogP contribution in [0.15, 0.2) is 40.2 Å². The first-order valence-electron chi connectivity index (χ1n) is 6.34. The Morgan fingerprint density at radius 3 is 2.75 bits per heavy atom. The number of nitrogens with one attached hydrogen (secondary N) is 1. The Hall–Kier alpha value is -1.33. The van der Waals surface area contributed by atoms with Crippen LogP contribution < -0.4 is 10.1 Å². The second kappa shape index (κ2) is 6.90. The molecule has 0 fully saturated rings. The maximum atomic E-state index is 12.2. The molecule has 1 heterocycles. The molecule has 0 unspecified atom stereocenters. The van der Waals surface area contributed by atoms with Crippen molar-refractivity contribution >= 4 is 38.9 Å². The molecule has 0 spiro atoms. The summed E-state index contributed by atoms with van der Waals surface area (Å²) in [5.41, 5.74) is 0.693. The number of halogens is 1. The third-order valence-corrected chi connectivity index (χ3v) is 4.37. The molecule has 5 heteroatoms. The second-order valence-corrected chi connectivity index (χ2v) is 6.52. The van der Waals surface area contributed by atoms with Crippen LogP contribution in [0.1, 0.15) is 23.5 Å². The molecular weight excluding hydrogens is 338 g/mol. The van der Waals surface area contributed by atoms with Gasteiger partial charge in [0.1, 0.15) is 10.6 Å². The zero-order chi connectivity index (χ0) is 14.5. The predicted octanol–water partition coefficient (Wildman–Crippen LogP) is 4.80. The molecule has 0 aliphatic heterocycles. The van der Waals surface area contributed by atoms with E-state index in [2.05, 4.69) is 35.1 Å². The van der Waals surface area contributed by atoms with Crippen molar-refractivity contribution in [3.05, 3.63) is 45.1 Å². The van der Waals surface area contributed by atoms with Gasteiger partial charge >= 0.3 is 0 Å². The van der Waals surface area contributed by atoms with Crippen molar-refractivity contribution in [1.82, 2.24) is 0 Å². The highest BCUT2D eigenvalue weighted by Gasteiger charge is 2.14. The van der Waals surface area contributed by atoms with Gasteiger partial charge in [0.05, 0.1) is 12.3 Å². The molecule has 0 bridgehead atoms. The van der Waals surface area contributed by atoms with Gasteiger partial charge in [-0.3, -0.25) is 4.79 Å². The zero-order valence-corrected chi connectivity index (χ0v) is 13.8. The van der Waals surface area contributed by atoms with E-state index < -0.39 is 0 Å². The molecule has 3 nitrogen and oxygen atoms in total. The number of rotatable bonds is 5. The fourth-order valence-electron chi connectivity index (χ4n) is 1.59. The first-order valence-corrected chi connectivity index (χ1v) is 8.01. The van der Waals surface area contributed by atoms with E-state index in [1.165, 1.54) is 11.3 Å². The Morgan fingerprint density at radius 2 is 2.10 bits per heavy atom. The molecular formula is C15H16BrNO2S. The Morgan fingerprint density at radius 1 is 1.35 bits per heavy atom. The van der Waals surface area contributed by atoms with E-state index in [1.54, 1.807) is 0 Å². The average Bonchev–Trinajstić information content (AvgIpc) is 2.84. The van der Waals surface area contributed by atoms with E-state index in [0.717, 1.165) is 4.47 Å². The lowest BCUT2D eigenvalue weighted by molar-refractivity contribution is 0.102. The predicted molar refractivity (Wildman–Crippen MR) is 86.7 cm³/mol. The van der Waals surface area contributed by atoms with Crippen LogP contribution in [0, 0.1) is 5.92 Å². The van der Waals surface area contributed by atoms with Gasteiger partial charge in [0, 0.05) is 4.47 Å². The van der Waals surface area contributed by atoms with Gasteiger partial charge in [-0.1, -0.05) is 26.0 Å². The molecule has 0 saturated carbocycles. The summed E-state index contributed by atoms with van der Waals surface area (Å²) in [6.07, 6.45) is 0. The van der Waals surface area contributed by atoms with Crippen molar-refractivity contribution < 1.29 is 9.53 Å². The third-order valence-electron chi connectivity index (χ3n) is 2.53. The molecule has 1 aromatic heterocycles. The maximum absolute atomic E-state index is 12.2. The largest absolute Gasteiger partial charge is 0.491 e. The van der Waals surface area contributed by atoms with E-state index in [9.17, 15) is 4.79 Å². The van der Waals surface area contributed by atoms with Crippen LogP contribution >= 0.6 is 27.3 Å². The van der Waals surface area contributed by atoms with Gasteiger partial charge < -0.3 is 10.1 Å². The second-order valence-electron chi connectivity index (χ2n) is 4.75. The van der Waals surface area contributed by atoms with Crippen LogP contribution in [0.2, 0.25) is 0 Å². The van der Waals surface area contributed by atoms with Crippen LogP contribution in [0.4, 0.5) is 5.69 Å². The highest BCUT2D eigenvalue weighted by molar-refractivity contribution is 9.10. The van der Waals surface area contributed by atoms with Gasteiger partial charge in [0.25, 0.3) is 5.91 Å². The summed E-state index contributed by atoms with van der Waals surface area (Å²) in [7, 11) is 0. The molecule has 1 N–H and O–H groups in total. The lowest BCUT2D eigenvalue weighted by Crippen LogP contribution is -2.13. The Balaban J connectivity index is 2.13. The highest BCUT2D eigenvalue weighted by atomic mass is 79.9. The van der Waals surface area contributed by atoms with Crippen LogP contribution in [-0.2, 0) is 0 Å². The summed E-state index contributed by atoms with van der Waals surface area (Å²) in [4.78, 5) is 12.9. The van der Waals surface area contributed by atoms with Gasteiger partial charge in [-0.25, -0.2) is 0 Å². The number of thiophene rings is 1. The smallest absolute Gasteiger partial charge is 0.266 e. The molecule has 0 atom stereocenters. The van der Waals surface area contributed by atoms with Crippen LogP contribution in [0.25, 0.3) is 0 Å². The summed E-state index contributed by atoms with van der Waals surface area (Å²) in [6, 6.07) is 9.34. The third kappa shape index (κ3) is 3.84. The summed E-state index contributed by atoms with van der Waals surface area (Å²) >= 11 is 4.77. The van der Waals surface area contributed by atoms with Gasteiger partial charge in [-0.05, 0) is 45.4 Å². The monoisotopic (exact) mass is 353 g/mol. The topological polar surface area (TPSA) is 38.3 Å². The average molecular weight is 354 g/mol. The minimum Gasteiger partial charge on any atom is -0.491 e. The zero-order valence-electron chi connectivity index (χ0n) is 11.4. The molecule has 2 aromatic rings. The molecule has 2 rings (SSSR count). The Labute approximate surface area is 131 Å². The molecule has 1 amide bonds. The molecule has 0 saturated heterocycles. The first kappa shape index (κ1) is 15.1. The summed E-state index contributed by atoms with van der Waals surface area (Å²) in [6.45, 7) is 4.80. The quantitative estimate of drug-likeness (QED) is 0.838. The van der Waals surface area contributed by atoms with Crippen molar-refractivity contribution in [3.8, 4) is 5.75 Å². The number of carbonyl (C=O) groups excluding carboxylic acids is 1. The standard InChI is InChI=1S/C15H16BrNO2S/c1-10(2)9-19-13-6-4-3-5-12(13)17-15(18)14-11(16)7-8-20-14/h3-8,10H,9H2,1-2H3,(H,17,18). The van der Waals surface area contributed by atoms with Crippen LogP contribution in [0.5, 0.6) is 5.75 Å². The number of anilines is 1. The number of carbonyl (C=O) groups is 1. The molecule has 20 heavy (non-hydrogen) atoms. The van der Waals surface area contributed by atoms with E-state index >= 15 is 0 Å². The van der Waals surface area contributed by atoms with Crippen molar-refractivity contribution in [1.29, 1.82) is 0 Å². The number of hydrogen-bond donors (Lipinski definition) is 1. The molecule has 1 aromatic carbocycles. The molecule has 0 aliphatic rings. The molecule has 106 valence electrons. The molecule has 0 radical (unpaired) electrons. The summed E-state index contributed by atoms with van der Waals surface area (Å²) in [5.74, 6) is 1.000. The van der Waals surface area contributed by atoms with Crippen molar-refractivity contribution in [3.63, 3.8) is 0 Å². The van der Waals surface area contributed by atoms with Crippen molar-refractivity contribution in [2.75, 3.05) is 11.9 Å². The van der Waals surface area contributed by atoms with Crippen LogP contribution in [0.3, 0.4) is 0 Å². The van der Waals surface area contributed by atoms with E-state index in [1.807, 2.05) is 35.7 Å². The lowest BCUT2D eigenvalue weighted by atomic mass is 10.2. The Bertz CT molecular complexity index is 595. The fourth-order valence-corrected chi connectivity index (χ4v) is 3.03. The number of ether oxygens (including phenoxy) is 1. The Kier molecular flexibility index (Phi) is 5.20. The number of amides is 1. The maximum Gasteiger partial charge on any atom is 0.266 e. The van der Waals surface area contributed by atoms with E-state index in [-0.39, 0.29) is 5.91 Å². The minimum absolute atomic E-state index is 0.132. The van der Waals surface area contributed by atoms with Crippen molar-refractivity contribution in [2.45, 2.75) is 13.8 Å². The number of hydrogen-bond acceptors (Lipinski definition) is 3. The van der Waals surface area contributed by atoms with Gasteiger partial charge in [0.15, 0.2) is 0 Å². The van der Waals surface area contributed by atoms with Crippen molar-refractivity contribution in [2.24, 2.45) is 5.92 Å². The number of para-hydroxylation sites is 2. The normalized spacial score (nSPS) is 10.6. The minimum atomic E-state index is -0.132. The fraction of sp³-hybridized carbons (Fsp3) is 0.267. The molecule has 0 aliphatic carbocycles.